The Kier molecular flexibility index (Phi) is 12.9. The van der Waals surface area contributed by atoms with Gasteiger partial charge in [0.05, 0.1) is 0 Å². The van der Waals surface area contributed by atoms with E-state index in [0.717, 1.165) is 37.0 Å². The normalized spacial score (nSPS) is 15.6. The summed E-state index contributed by atoms with van der Waals surface area (Å²) in [7, 11) is 1.76. The van der Waals surface area contributed by atoms with Crippen molar-refractivity contribution in [1.29, 1.82) is 0 Å². The summed E-state index contributed by atoms with van der Waals surface area (Å²) in [6.07, 6.45) is 4.18. The predicted octanol–water partition coefficient (Wildman–Crippen LogP) is 2.60. The highest BCUT2D eigenvalue weighted by molar-refractivity contribution is 14.0. The van der Waals surface area contributed by atoms with E-state index in [0.29, 0.717) is 19.5 Å². The molecule has 0 radical (unpaired) electrons. The number of nitrogens with one attached hydrogen (secondary N) is 3. The van der Waals surface area contributed by atoms with E-state index < -0.39 is 0 Å². The molecule has 0 atom stereocenters. The zero-order valence-corrected chi connectivity index (χ0v) is 19.6. The molecular weight excluding hydrogens is 465 g/mol. The maximum absolute atomic E-state index is 11.9. The highest BCUT2D eigenvalue weighted by Crippen LogP contribution is 2.15. The second kappa shape index (κ2) is 14.6. The Morgan fingerprint density at radius 3 is 2.46 bits per heavy atom. The number of benzene rings is 1. The van der Waals surface area contributed by atoms with Crippen molar-refractivity contribution in [3.05, 3.63) is 35.9 Å². The van der Waals surface area contributed by atoms with Crippen LogP contribution in [0.4, 0.5) is 0 Å². The summed E-state index contributed by atoms with van der Waals surface area (Å²) in [6, 6.07) is 9.94. The van der Waals surface area contributed by atoms with E-state index in [1.165, 1.54) is 25.9 Å². The van der Waals surface area contributed by atoms with E-state index in [-0.39, 0.29) is 29.9 Å². The number of hydrogen-bond donors (Lipinski definition) is 3. The molecule has 28 heavy (non-hydrogen) atoms. The van der Waals surface area contributed by atoms with Gasteiger partial charge >= 0.3 is 0 Å². The predicted molar refractivity (Wildman–Crippen MR) is 127 cm³/mol. The molecule has 3 N–H and O–H groups in total. The quantitative estimate of drug-likeness (QED) is 0.211. The molecular formula is C21H36IN5O. The first-order valence-corrected chi connectivity index (χ1v) is 10.1. The summed E-state index contributed by atoms with van der Waals surface area (Å²) in [5.41, 5.74) is 1.11. The maximum Gasteiger partial charge on any atom is 0.222 e. The topological polar surface area (TPSA) is 68.8 Å². The lowest BCUT2D eigenvalue weighted by molar-refractivity contribution is -0.121. The van der Waals surface area contributed by atoms with Gasteiger partial charge in [0.25, 0.3) is 0 Å². The van der Waals surface area contributed by atoms with Crippen LogP contribution in [-0.4, -0.2) is 56.5 Å². The minimum absolute atomic E-state index is 0. The number of nitrogens with zero attached hydrogens (tertiary/aromatic N) is 2. The SMILES string of the molecule is CN=C(NCCCN1CCC(C)CC1)NCCC(=O)NCc1ccccc1.I. The van der Waals surface area contributed by atoms with Crippen LogP contribution in [-0.2, 0) is 11.3 Å². The molecule has 1 aromatic carbocycles. The van der Waals surface area contributed by atoms with E-state index in [9.17, 15) is 4.79 Å². The Morgan fingerprint density at radius 1 is 1.11 bits per heavy atom. The Hall–Kier alpha value is -1.35. The van der Waals surface area contributed by atoms with Gasteiger partial charge in [-0.25, -0.2) is 0 Å². The molecule has 0 bridgehead atoms. The highest BCUT2D eigenvalue weighted by atomic mass is 127. The van der Waals surface area contributed by atoms with Crippen molar-refractivity contribution in [1.82, 2.24) is 20.9 Å². The summed E-state index contributed by atoms with van der Waals surface area (Å²) in [4.78, 5) is 18.7. The number of piperidine rings is 1. The van der Waals surface area contributed by atoms with Crippen molar-refractivity contribution >= 4 is 35.8 Å². The van der Waals surface area contributed by atoms with Gasteiger partial charge in [0.2, 0.25) is 5.91 Å². The molecule has 1 aromatic rings. The molecule has 1 aliphatic heterocycles. The van der Waals surface area contributed by atoms with Crippen LogP contribution in [0.3, 0.4) is 0 Å². The van der Waals surface area contributed by atoms with Crippen molar-refractivity contribution in [3.63, 3.8) is 0 Å². The molecule has 1 fully saturated rings. The first kappa shape index (κ1) is 24.7. The van der Waals surface area contributed by atoms with Crippen LogP contribution < -0.4 is 16.0 Å². The lowest BCUT2D eigenvalue weighted by atomic mass is 9.99. The molecule has 1 heterocycles. The zero-order valence-electron chi connectivity index (χ0n) is 17.2. The van der Waals surface area contributed by atoms with E-state index in [4.69, 9.17) is 0 Å². The van der Waals surface area contributed by atoms with Crippen molar-refractivity contribution in [3.8, 4) is 0 Å². The standard InChI is InChI=1S/C21H35N5O.HI/c1-18-10-15-26(16-11-18)14-6-12-23-21(22-2)24-13-9-20(27)25-17-19-7-4-3-5-8-19;/h3-5,7-8,18H,6,9-17H2,1-2H3,(H,25,27)(H2,22,23,24);1H. The van der Waals surface area contributed by atoms with E-state index in [1.54, 1.807) is 7.05 Å². The minimum atomic E-state index is 0. The summed E-state index contributed by atoms with van der Waals surface area (Å²) in [5, 5.41) is 9.47. The molecule has 1 aliphatic rings. The van der Waals surface area contributed by atoms with Gasteiger partial charge in [-0.3, -0.25) is 9.79 Å². The van der Waals surface area contributed by atoms with E-state index >= 15 is 0 Å². The zero-order chi connectivity index (χ0) is 19.3. The third-order valence-electron chi connectivity index (χ3n) is 5.02. The van der Waals surface area contributed by atoms with Crippen molar-refractivity contribution in [2.45, 2.75) is 39.2 Å². The third kappa shape index (κ3) is 10.3. The molecule has 0 saturated carbocycles. The molecule has 6 nitrogen and oxygen atoms in total. The Bertz CT molecular complexity index is 573. The maximum atomic E-state index is 11.9. The van der Waals surface area contributed by atoms with Gasteiger partial charge in [0, 0.05) is 33.1 Å². The molecule has 7 heteroatoms. The minimum Gasteiger partial charge on any atom is -0.356 e. The average molecular weight is 501 g/mol. The molecule has 2 rings (SSSR count). The van der Waals surface area contributed by atoms with Crippen LogP contribution in [0.1, 0.15) is 38.2 Å². The largest absolute Gasteiger partial charge is 0.356 e. The molecule has 1 amide bonds. The van der Waals surface area contributed by atoms with Crippen LogP contribution in [0.2, 0.25) is 0 Å². The summed E-state index contributed by atoms with van der Waals surface area (Å²) in [6.45, 7) is 7.98. The van der Waals surface area contributed by atoms with Gasteiger partial charge in [0.15, 0.2) is 5.96 Å². The van der Waals surface area contributed by atoms with Gasteiger partial charge in [0.1, 0.15) is 0 Å². The number of halogens is 1. The van der Waals surface area contributed by atoms with Crippen LogP contribution >= 0.6 is 24.0 Å². The van der Waals surface area contributed by atoms with Gasteiger partial charge in [-0.2, -0.15) is 0 Å². The number of likely N-dealkylation sites (tertiary alicyclic amines) is 1. The first-order chi connectivity index (χ1) is 13.2. The second-order valence-corrected chi connectivity index (χ2v) is 7.32. The molecule has 0 aliphatic carbocycles. The number of hydrogen-bond acceptors (Lipinski definition) is 3. The van der Waals surface area contributed by atoms with Gasteiger partial charge < -0.3 is 20.9 Å². The number of carbonyl (C=O) groups excluding carboxylic acids is 1. The lowest BCUT2D eigenvalue weighted by Gasteiger charge is -2.30. The van der Waals surface area contributed by atoms with Crippen LogP contribution in [0.15, 0.2) is 35.3 Å². The van der Waals surface area contributed by atoms with Crippen LogP contribution in [0.5, 0.6) is 0 Å². The third-order valence-corrected chi connectivity index (χ3v) is 5.02. The average Bonchev–Trinajstić information content (AvgIpc) is 2.70. The van der Waals surface area contributed by atoms with E-state index in [1.807, 2.05) is 30.3 Å². The Balaban J connectivity index is 0.00000392. The fourth-order valence-electron chi connectivity index (χ4n) is 3.20. The number of rotatable bonds is 9. The molecule has 0 aromatic heterocycles. The van der Waals surface area contributed by atoms with Crippen molar-refractivity contribution in [2.24, 2.45) is 10.9 Å². The number of aliphatic imine (C=N–C) groups is 1. The van der Waals surface area contributed by atoms with Gasteiger partial charge in [-0.1, -0.05) is 37.3 Å². The first-order valence-electron chi connectivity index (χ1n) is 10.1. The summed E-state index contributed by atoms with van der Waals surface area (Å²) in [5.74, 6) is 1.69. The number of amides is 1. The van der Waals surface area contributed by atoms with Crippen LogP contribution in [0.25, 0.3) is 0 Å². The smallest absolute Gasteiger partial charge is 0.222 e. The number of guanidine groups is 1. The number of carbonyl (C=O) groups is 1. The van der Waals surface area contributed by atoms with Gasteiger partial charge in [-0.15, -0.1) is 24.0 Å². The fourth-order valence-corrected chi connectivity index (χ4v) is 3.20. The Labute approximate surface area is 187 Å². The van der Waals surface area contributed by atoms with Gasteiger partial charge in [-0.05, 0) is 50.4 Å². The molecule has 0 unspecified atom stereocenters. The molecule has 1 saturated heterocycles. The van der Waals surface area contributed by atoms with E-state index in [2.05, 4.69) is 32.8 Å². The molecule has 158 valence electrons. The van der Waals surface area contributed by atoms with Crippen molar-refractivity contribution in [2.75, 3.05) is 39.8 Å². The summed E-state index contributed by atoms with van der Waals surface area (Å²) < 4.78 is 0. The van der Waals surface area contributed by atoms with Crippen LogP contribution in [0, 0.1) is 5.92 Å². The monoisotopic (exact) mass is 501 g/mol. The van der Waals surface area contributed by atoms with Crippen molar-refractivity contribution < 1.29 is 4.79 Å². The molecule has 0 spiro atoms. The summed E-state index contributed by atoms with van der Waals surface area (Å²) >= 11 is 0. The lowest BCUT2D eigenvalue weighted by Crippen LogP contribution is -2.41. The fraction of sp³-hybridized carbons (Fsp3) is 0.619. The highest BCUT2D eigenvalue weighted by Gasteiger charge is 2.14. The second-order valence-electron chi connectivity index (χ2n) is 7.32. The Morgan fingerprint density at radius 2 is 1.79 bits per heavy atom.